The lowest BCUT2D eigenvalue weighted by atomic mass is 10.1. The van der Waals surface area contributed by atoms with Crippen LogP contribution < -0.4 is 5.32 Å². The predicted molar refractivity (Wildman–Crippen MR) is 88.2 cm³/mol. The average molecular weight is 357 g/mol. The second-order valence-corrected chi connectivity index (χ2v) is 6.02. The van der Waals surface area contributed by atoms with Gasteiger partial charge in [-0.15, -0.1) is 0 Å². The number of thiazole rings is 1. The van der Waals surface area contributed by atoms with Crippen molar-refractivity contribution in [3.05, 3.63) is 71.1 Å². The Bertz CT molecular complexity index is 1070. The van der Waals surface area contributed by atoms with E-state index in [0.717, 1.165) is 17.5 Å². The molecular weight excluding hydrogens is 348 g/mol. The van der Waals surface area contributed by atoms with E-state index in [0.29, 0.717) is 10.8 Å². The number of fused-ring (bicyclic) bond motifs is 1. The van der Waals surface area contributed by atoms with Crippen molar-refractivity contribution in [2.24, 2.45) is 0 Å². The third kappa shape index (κ3) is 2.96. The summed E-state index contributed by atoms with van der Waals surface area (Å²) in [5.41, 5.74) is 0.753. The minimum atomic E-state index is -0.447. The Morgan fingerprint density at radius 3 is 2.64 bits per heavy atom. The first-order valence-electron chi connectivity index (χ1n) is 7.14. The molecule has 25 heavy (non-hydrogen) atoms. The number of carbonyl (C=O) groups is 1. The van der Waals surface area contributed by atoms with Crippen molar-refractivity contribution in [1.29, 1.82) is 0 Å². The molecule has 9 heteroatoms. The van der Waals surface area contributed by atoms with Crippen LogP contribution >= 0.6 is 11.3 Å². The smallest absolute Gasteiger partial charge is 0.230 e. The molecule has 124 valence electrons. The summed E-state index contributed by atoms with van der Waals surface area (Å²) in [6.07, 6.45) is 2.79. The summed E-state index contributed by atoms with van der Waals surface area (Å²) in [5, 5.41) is 2.73. The number of hydrogen-bond acceptors (Lipinski definition) is 6. The Hall–Kier alpha value is -3.20. The molecule has 3 aromatic heterocycles. The molecule has 0 spiro atoms. The summed E-state index contributed by atoms with van der Waals surface area (Å²) in [4.78, 5) is 24.9. The molecule has 1 aromatic carbocycles. The van der Waals surface area contributed by atoms with E-state index in [-0.39, 0.29) is 17.3 Å². The fourth-order valence-electron chi connectivity index (χ4n) is 2.26. The highest BCUT2D eigenvalue weighted by atomic mass is 32.1. The molecule has 4 rings (SSSR count). The van der Waals surface area contributed by atoms with Crippen LogP contribution in [0.3, 0.4) is 0 Å². The highest BCUT2D eigenvalue weighted by molar-refractivity contribution is 7.14. The van der Waals surface area contributed by atoms with Crippen molar-refractivity contribution in [1.82, 2.24) is 19.4 Å². The van der Waals surface area contributed by atoms with Crippen LogP contribution in [0.15, 0.2) is 48.8 Å². The summed E-state index contributed by atoms with van der Waals surface area (Å²) in [6.45, 7) is 0. The molecule has 4 aromatic rings. The summed E-state index contributed by atoms with van der Waals surface area (Å²) < 4.78 is 27.8. The van der Waals surface area contributed by atoms with Crippen molar-refractivity contribution in [3.63, 3.8) is 0 Å². The molecule has 0 saturated heterocycles. The zero-order valence-electron chi connectivity index (χ0n) is 12.5. The third-order valence-electron chi connectivity index (χ3n) is 3.39. The molecule has 6 nitrogen and oxygen atoms in total. The van der Waals surface area contributed by atoms with Gasteiger partial charge >= 0.3 is 0 Å². The molecule has 0 unspecified atom stereocenters. The van der Waals surface area contributed by atoms with Gasteiger partial charge < -0.3 is 5.32 Å². The van der Waals surface area contributed by atoms with Gasteiger partial charge in [-0.2, -0.15) is 9.37 Å². The quantitative estimate of drug-likeness (QED) is 0.567. The van der Waals surface area contributed by atoms with Crippen molar-refractivity contribution >= 4 is 33.8 Å². The molecule has 0 saturated carbocycles. The first-order valence-corrected chi connectivity index (χ1v) is 7.95. The molecule has 0 aliphatic heterocycles. The molecule has 0 bridgehead atoms. The van der Waals surface area contributed by atoms with Gasteiger partial charge in [-0.3, -0.25) is 9.20 Å². The lowest BCUT2D eigenvalue weighted by Gasteiger charge is -2.08. The van der Waals surface area contributed by atoms with Crippen LogP contribution in [0, 0.1) is 10.9 Å². The maximum Gasteiger partial charge on any atom is 0.230 e. The minimum absolute atomic E-state index is 0.0580. The van der Waals surface area contributed by atoms with Crippen molar-refractivity contribution in [2.45, 2.75) is 0 Å². The number of nitrogens with zero attached hydrogens (tertiary/aromatic N) is 4. The Morgan fingerprint density at radius 1 is 1.12 bits per heavy atom. The second kappa shape index (κ2) is 6.02. The zero-order chi connectivity index (χ0) is 17.4. The molecule has 0 radical (unpaired) electrons. The lowest BCUT2D eigenvalue weighted by molar-refractivity contribution is 0.102. The molecule has 0 aliphatic carbocycles. The van der Waals surface area contributed by atoms with Crippen molar-refractivity contribution in [3.8, 4) is 0 Å². The normalized spacial score (nSPS) is 11.0. The van der Waals surface area contributed by atoms with Crippen LogP contribution in [0.4, 0.5) is 19.9 Å². The van der Waals surface area contributed by atoms with Crippen molar-refractivity contribution < 1.29 is 13.6 Å². The molecular formula is C16H9F2N5OS. The fraction of sp³-hybridized carbons (Fsp3) is 0. The Morgan fingerprint density at radius 2 is 1.92 bits per heavy atom. The molecule has 0 atom stereocenters. The number of rotatable bonds is 4. The van der Waals surface area contributed by atoms with E-state index in [1.54, 1.807) is 22.7 Å². The summed E-state index contributed by atoms with van der Waals surface area (Å²) in [5.74, 6) is -0.670. The average Bonchev–Trinajstić information content (AvgIpc) is 3.23. The maximum atomic E-state index is 13.1. The number of aromatic nitrogens is 4. The predicted octanol–water partition coefficient (Wildman–Crippen LogP) is 3.44. The van der Waals surface area contributed by atoms with Crippen LogP contribution in [0.5, 0.6) is 0 Å². The SMILES string of the molecule is O=C(c1ccc(F)cc1)c1nc(Nc2ncc(F)s2)n2cccc2n1. The molecule has 3 heterocycles. The van der Waals surface area contributed by atoms with E-state index >= 15 is 0 Å². The number of benzene rings is 1. The van der Waals surface area contributed by atoms with E-state index < -0.39 is 16.7 Å². The van der Waals surface area contributed by atoms with E-state index in [2.05, 4.69) is 20.3 Å². The van der Waals surface area contributed by atoms with Gasteiger partial charge in [0, 0.05) is 11.8 Å². The molecule has 0 aliphatic rings. The van der Waals surface area contributed by atoms with Gasteiger partial charge in [0.05, 0.1) is 6.20 Å². The van der Waals surface area contributed by atoms with E-state index in [4.69, 9.17) is 0 Å². The van der Waals surface area contributed by atoms with Crippen LogP contribution in [0.25, 0.3) is 5.65 Å². The molecule has 0 amide bonds. The van der Waals surface area contributed by atoms with Crippen LogP contribution in [0.1, 0.15) is 16.2 Å². The largest absolute Gasteiger partial charge is 0.301 e. The minimum Gasteiger partial charge on any atom is -0.301 e. The summed E-state index contributed by atoms with van der Waals surface area (Å²) >= 11 is 0.817. The maximum absolute atomic E-state index is 13.1. The van der Waals surface area contributed by atoms with Gasteiger partial charge in [0.15, 0.2) is 10.3 Å². The lowest BCUT2D eigenvalue weighted by Crippen LogP contribution is -2.12. The van der Waals surface area contributed by atoms with Gasteiger partial charge in [0.1, 0.15) is 11.5 Å². The third-order valence-corrected chi connectivity index (χ3v) is 4.09. The zero-order valence-corrected chi connectivity index (χ0v) is 13.3. The number of hydrogen-bond donors (Lipinski definition) is 1. The van der Waals surface area contributed by atoms with Crippen molar-refractivity contribution in [2.75, 3.05) is 5.32 Å². The standard InChI is InChI=1S/C16H9F2N5OS/c17-10-5-3-9(4-6-10)13(24)14-20-12-2-1-7-23(12)15(21-14)22-16-19-8-11(18)25-16/h1-8H,(H,19,20,21,22). The van der Waals surface area contributed by atoms with E-state index in [1.165, 1.54) is 24.3 Å². The first-order chi connectivity index (χ1) is 12.1. The highest BCUT2D eigenvalue weighted by Gasteiger charge is 2.17. The monoisotopic (exact) mass is 357 g/mol. The number of ketones is 1. The first kappa shape index (κ1) is 15.3. The number of anilines is 2. The van der Waals surface area contributed by atoms with Crippen LogP contribution in [0.2, 0.25) is 0 Å². The number of halogens is 2. The van der Waals surface area contributed by atoms with E-state index in [1.807, 2.05) is 0 Å². The van der Waals surface area contributed by atoms with Gasteiger partial charge in [-0.1, -0.05) is 11.3 Å². The second-order valence-electron chi connectivity index (χ2n) is 5.04. The number of nitrogens with one attached hydrogen (secondary N) is 1. The Labute approximate surface area is 143 Å². The Kier molecular flexibility index (Phi) is 3.69. The number of carbonyl (C=O) groups excluding carboxylic acids is 1. The summed E-state index contributed by atoms with van der Waals surface area (Å²) in [7, 11) is 0. The van der Waals surface area contributed by atoms with Crippen LogP contribution in [-0.2, 0) is 0 Å². The van der Waals surface area contributed by atoms with Gasteiger partial charge in [0.25, 0.3) is 0 Å². The summed E-state index contributed by atoms with van der Waals surface area (Å²) in [6, 6.07) is 8.57. The Balaban J connectivity index is 1.77. The highest BCUT2D eigenvalue weighted by Crippen LogP contribution is 2.21. The fourth-order valence-corrected chi connectivity index (χ4v) is 2.80. The van der Waals surface area contributed by atoms with Crippen LogP contribution in [-0.4, -0.2) is 25.1 Å². The van der Waals surface area contributed by atoms with Gasteiger partial charge in [-0.05, 0) is 36.4 Å². The van der Waals surface area contributed by atoms with Gasteiger partial charge in [-0.25, -0.2) is 14.4 Å². The topological polar surface area (TPSA) is 72.2 Å². The van der Waals surface area contributed by atoms with Gasteiger partial charge in [0.2, 0.25) is 17.6 Å². The van der Waals surface area contributed by atoms with E-state index in [9.17, 15) is 13.6 Å². The molecule has 1 N–H and O–H groups in total. The molecule has 0 fully saturated rings.